The van der Waals surface area contributed by atoms with Crippen molar-refractivity contribution in [3.63, 3.8) is 0 Å². The summed E-state index contributed by atoms with van der Waals surface area (Å²) < 4.78 is 5.79. The maximum atomic E-state index is 6.36. The van der Waals surface area contributed by atoms with Crippen molar-refractivity contribution in [2.45, 2.75) is 17.0 Å². The molecule has 0 fully saturated rings. The van der Waals surface area contributed by atoms with Crippen LogP contribution in [0.3, 0.4) is 0 Å². The van der Waals surface area contributed by atoms with Gasteiger partial charge in [0.25, 0.3) is 0 Å². The van der Waals surface area contributed by atoms with Crippen LogP contribution in [0.1, 0.15) is 17.2 Å². The number of nitrogens with two attached hydrogens (primary N) is 1. The first kappa shape index (κ1) is 13.8. The second kappa shape index (κ2) is 6.08. The van der Waals surface area contributed by atoms with Crippen LogP contribution < -0.4 is 10.5 Å². The summed E-state index contributed by atoms with van der Waals surface area (Å²) in [7, 11) is 0. The van der Waals surface area contributed by atoms with Gasteiger partial charge in [-0.1, -0.05) is 48.0 Å². The number of thioether (sulfide) groups is 1. The molecule has 0 bridgehead atoms. The number of rotatable bonds is 3. The zero-order valence-corrected chi connectivity index (χ0v) is 12.5. The van der Waals surface area contributed by atoms with Gasteiger partial charge in [-0.2, -0.15) is 0 Å². The molecule has 2 aromatic carbocycles. The van der Waals surface area contributed by atoms with E-state index in [1.807, 2.05) is 42.5 Å². The maximum absolute atomic E-state index is 6.36. The Morgan fingerprint density at radius 1 is 1.15 bits per heavy atom. The van der Waals surface area contributed by atoms with Gasteiger partial charge < -0.3 is 10.5 Å². The zero-order valence-electron chi connectivity index (χ0n) is 11.0. The lowest BCUT2D eigenvalue weighted by atomic mass is 10.0. The highest BCUT2D eigenvalue weighted by Gasteiger charge is 2.28. The van der Waals surface area contributed by atoms with E-state index >= 15 is 0 Å². The average Bonchev–Trinajstić information content (AvgIpc) is 2.48. The first-order valence-corrected chi connectivity index (χ1v) is 8.00. The van der Waals surface area contributed by atoms with Crippen molar-refractivity contribution < 1.29 is 4.74 Å². The Bertz CT molecular complexity index is 605. The van der Waals surface area contributed by atoms with Crippen molar-refractivity contribution in [3.8, 4) is 5.75 Å². The zero-order chi connectivity index (χ0) is 13.9. The van der Waals surface area contributed by atoms with E-state index in [0.29, 0.717) is 6.61 Å². The second-order valence-corrected chi connectivity index (χ2v) is 6.45. The predicted molar refractivity (Wildman–Crippen MR) is 85.4 cm³/mol. The number of hydrogen-bond donors (Lipinski definition) is 1. The molecule has 2 unspecified atom stereocenters. The summed E-state index contributed by atoms with van der Waals surface area (Å²) in [6.07, 6.45) is 0. The van der Waals surface area contributed by atoms with E-state index in [0.717, 1.165) is 27.7 Å². The Labute approximate surface area is 128 Å². The number of fused-ring (bicyclic) bond motifs is 1. The first-order valence-electron chi connectivity index (χ1n) is 6.58. The van der Waals surface area contributed by atoms with Crippen LogP contribution in [-0.2, 0) is 5.75 Å². The Morgan fingerprint density at radius 2 is 1.90 bits per heavy atom. The van der Waals surface area contributed by atoms with Gasteiger partial charge in [0.1, 0.15) is 12.4 Å². The molecular formula is C16H16ClNOS. The Kier molecular flexibility index (Phi) is 4.20. The van der Waals surface area contributed by atoms with Crippen molar-refractivity contribution >= 4 is 23.4 Å². The summed E-state index contributed by atoms with van der Waals surface area (Å²) in [5.41, 5.74) is 8.60. The van der Waals surface area contributed by atoms with E-state index in [1.54, 1.807) is 11.8 Å². The number of hydrogen-bond acceptors (Lipinski definition) is 3. The Morgan fingerprint density at radius 3 is 2.75 bits per heavy atom. The van der Waals surface area contributed by atoms with Crippen LogP contribution in [0.15, 0.2) is 48.5 Å². The molecule has 1 aliphatic heterocycles. The summed E-state index contributed by atoms with van der Waals surface area (Å²) in [6.45, 7) is 0.646. The van der Waals surface area contributed by atoms with Gasteiger partial charge in [-0.25, -0.2) is 0 Å². The molecule has 0 saturated heterocycles. The molecule has 0 aliphatic carbocycles. The Hall–Kier alpha value is -1.16. The van der Waals surface area contributed by atoms with Crippen LogP contribution in [0.5, 0.6) is 5.75 Å². The fraction of sp³-hybridized carbons (Fsp3) is 0.250. The molecule has 0 aromatic heterocycles. The number of para-hydroxylation sites is 1. The minimum atomic E-state index is 0.00689. The third kappa shape index (κ3) is 2.80. The first-order chi connectivity index (χ1) is 9.75. The number of ether oxygens (including phenoxy) is 1. The average molecular weight is 306 g/mol. The maximum Gasteiger partial charge on any atom is 0.124 e. The summed E-state index contributed by atoms with van der Waals surface area (Å²) in [4.78, 5) is 0. The third-order valence-electron chi connectivity index (χ3n) is 3.49. The van der Waals surface area contributed by atoms with E-state index in [4.69, 9.17) is 22.1 Å². The smallest absolute Gasteiger partial charge is 0.124 e. The highest BCUT2D eigenvalue weighted by Crippen LogP contribution is 2.37. The van der Waals surface area contributed by atoms with Crippen LogP contribution in [0.2, 0.25) is 5.02 Å². The largest absolute Gasteiger partial charge is 0.492 e. The molecule has 0 radical (unpaired) electrons. The molecule has 2 nitrogen and oxygen atoms in total. The lowest BCUT2D eigenvalue weighted by Gasteiger charge is -2.30. The van der Waals surface area contributed by atoms with Crippen LogP contribution in [0.25, 0.3) is 0 Å². The van der Waals surface area contributed by atoms with Crippen LogP contribution >= 0.6 is 23.4 Å². The monoisotopic (exact) mass is 305 g/mol. The van der Waals surface area contributed by atoms with Gasteiger partial charge in [-0.15, -0.1) is 11.8 Å². The molecule has 0 saturated carbocycles. The normalized spacial score (nSPS) is 21.1. The van der Waals surface area contributed by atoms with Gasteiger partial charge >= 0.3 is 0 Å². The molecule has 1 heterocycles. The van der Waals surface area contributed by atoms with E-state index in [1.165, 1.54) is 0 Å². The number of benzene rings is 2. The molecule has 0 amide bonds. The summed E-state index contributed by atoms with van der Waals surface area (Å²) >= 11 is 7.99. The fourth-order valence-electron chi connectivity index (χ4n) is 2.33. The SMILES string of the molecule is NC1c2ccccc2OCC1SCc1ccccc1Cl. The second-order valence-electron chi connectivity index (χ2n) is 4.82. The van der Waals surface area contributed by atoms with Gasteiger partial charge in [0.05, 0.1) is 5.25 Å². The quantitative estimate of drug-likeness (QED) is 0.929. The van der Waals surface area contributed by atoms with Gasteiger partial charge in [0.2, 0.25) is 0 Å². The van der Waals surface area contributed by atoms with Crippen molar-refractivity contribution in [1.82, 2.24) is 0 Å². The van der Waals surface area contributed by atoms with Crippen LogP contribution in [0, 0.1) is 0 Å². The van der Waals surface area contributed by atoms with Gasteiger partial charge in [0, 0.05) is 22.4 Å². The predicted octanol–water partition coefficient (Wildman–Crippen LogP) is 4.03. The molecule has 3 rings (SSSR count). The third-order valence-corrected chi connectivity index (χ3v) is 5.20. The molecule has 1 aliphatic rings. The standard InChI is InChI=1S/C16H16ClNOS/c17-13-7-3-1-5-11(13)10-20-15-9-19-14-8-4-2-6-12(14)16(15)18/h1-8,15-16H,9-10,18H2. The highest BCUT2D eigenvalue weighted by molar-refractivity contribution is 7.99. The van der Waals surface area contributed by atoms with Gasteiger partial charge in [0.15, 0.2) is 0 Å². The van der Waals surface area contributed by atoms with Crippen molar-refractivity contribution in [3.05, 3.63) is 64.7 Å². The molecule has 2 aromatic rings. The molecule has 2 atom stereocenters. The van der Waals surface area contributed by atoms with Gasteiger partial charge in [-0.3, -0.25) is 0 Å². The lowest BCUT2D eigenvalue weighted by Crippen LogP contribution is -2.33. The topological polar surface area (TPSA) is 35.2 Å². The minimum Gasteiger partial charge on any atom is -0.492 e. The highest BCUT2D eigenvalue weighted by atomic mass is 35.5. The molecule has 0 spiro atoms. The molecular weight excluding hydrogens is 290 g/mol. The van der Waals surface area contributed by atoms with Crippen molar-refractivity contribution in [2.75, 3.05) is 6.61 Å². The molecule has 20 heavy (non-hydrogen) atoms. The summed E-state index contributed by atoms with van der Waals surface area (Å²) in [6, 6.07) is 15.9. The van der Waals surface area contributed by atoms with Crippen LogP contribution in [0.4, 0.5) is 0 Å². The minimum absolute atomic E-state index is 0.00689. The van der Waals surface area contributed by atoms with E-state index in [9.17, 15) is 0 Å². The van der Waals surface area contributed by atoms with Crippen molar-refractivity contribution in [1.29, 1.82) is 0 Å². The van der Waals surface area contributed by atoms with Crippen molar-refractivity contribution in [2.24, 2.45) is 5.73 Å². The summed E-state index contributed by atoms with van der Waals surface area (Å²) in [5, 5.41) is 1.06. The molecule has 4 heteroatoms. The summed E-state index contributed by atoms with van der Waals surface area (Å²) in [5.74, 6) is 1.76. The lowest BCUT2D eigenvalue weighted by molar-refractivity contribution is 0.276. The number of halogens is 1. The van der Waals surface area contributed by atoms with E-state index < -0.39 is 0 Å². The molecule has 2 N–H and O–H groups in total. The fourth-order valence-corrected chi connectivity index (χ4v) is 3.77. The van der Waals surface area contributed by atoms with E-state index in [2.05, 4.69) is 6.07 Å². The molecule has 104 valence electrons. The van der Waals surface area contributed by atoms with E-state index in [-0.39, 0.29) is 11.3 Å². The van der Waals surface area contributed by atoms with Crippen LogP contribution in [-0.4, -0.2) is 11.9 Å². The van der Waals surface area contributed by atoms with Gasteiger partial charge in [-0.05, 0) is 17.7 Å². The Balaban J connectivity index is 1.69.